The highest BCUT2D eigenvalue weighted by Gasteiger charge is 2.35. The van der Waals surface area contributed by atoms with E-state index in [0.29, 0.717) is 16.4 Å². The van der Waals surface area contributed by atoms with Gasteiger partial charge in [-0.15, -0.1) is 10.2 Å². The van der Waals surface area contributed by atoms with E-state index in [4.69, 9.17) is 0 Å². The summed E-state index contributed by atoms with van der Waals surface area (Å²) in [6.45, 7) is 3.85. The molecule has 126 valence electrons. The lowest BCUT2D eigenvalue weighted by Gasteiger charge is -2.17. The van der Waals surface area contributed by atoms with Crippen molar-refractivity contribution in [3.8, 4) is 0 Å². The summed E-state index contributed by atoms with van der Waals surface area (Å²) in [6.07, 6.45) is 0.850. The highest BCUT2D eigenvalue weighted by Crippen LogP contribution is 2.27. The molecule has 1 aromatic carbocycles. The van der Waals surface area contributed by atoms with Crippen LogP contribution in [0.15, 0.2) is 18.2 Å². The van der Waals surface area contributed by atoms with Crippen LogP contribution in [0.25, 0.3) is 0 Å². The summed E-state index contributed by atoms with van der Waals surface area (Å²) in [5.41, 5.74) is 0.991. The topological polar surface area (TPSA) is 75.2 Å². The second-order valence-electron chi connectivity index (χ2n) is 5.68. The second kappa shape index (κ2) is 6.64. The molecule has 2 amide bonds. The van der Waals surface area contributed by atoms with E-state index in [-0.39, 0.29) is 30.6 Å². The van der Waals surface area contributed by atoms with Crippen molar-refractivity contribution < 1.29 is 14.0 Å². The van der Waals surface area contributed by atoms with Crippen molar-refractivity contribution >= 4 is 34.0 Å². The average molecular weight is 348 g/mol. The fourth-order valence-corrected chi connectivity index (χ4v) is 3.22. The zero-order chi connectivity index (χ0) is 17.3. The third-order valence-corrected chi connectivity index (χ3v) is 4.95. The van der Waals surface area contributed by atoms with Crippen molar-refractivity contribution in [3.63, 3.8) is 0 Å². The molecule has 0 aliphatic carbocycles. The number of benzene rings is 1. The Bertz CT molecular complexity index is 792. The molecule has 1 atom stereocenters. The van der Waals surface area contributed by atoms with Gasteiger partial charge in [0.2, 0.25) is 16.9 Å². The standard InChI is InChI=1S/C16H17FN4O2S/c1-3-13-19-20-16(24-13)18-15(23)10-6-14(22)21(8-10)11-5-4-9(2)12(17)7-11/h4-5,7,10H,3,6,8H2,1-2H3,(H,18,20,23). The van der Waals surface area contributed by atoms with E-state index in [1.165, 1.54) is 22.3 Å². The summed E-state index contributed by atoms with van der Waals surface area (Å²) < 4.78 is 13.7. The molecule has 2 aromatic rings. The van der Waals surface area contributed by atoms with Crippen LogP contribution in [0.5, 0.6) is 0 Å². The van der Waals surface area contributed by atoms with Gasteiger partial charge in [0.15, 0.2) is 0 Å². The van der Waals surface area contributed by atoms with Crippen LogP contribution in [0.4, 0.5) is 15.2 Å². The van der Waals surface area contributed by atoms with Gasteiger partial charge < -0.3 is 10.2 Å². The molecule has 6 nitrogen and oxygen atoms in total. The van der Waals surface area contributed by atoms with Gasteiger partial charge in [0, 0.05) is 18.7 Å². The van der Waals surface area contributed by atoms with Crippen LogP contribution < -0.4 is 10.2 Å². The second-order valence-corrected chi connectivity index (χ2v) is 6.74. The number of anilines is 2. The monoisotopic (exact) mass is 348 g/mol. The van der Waals surface area contributed by atoms with Crippen LogP contribution in [0.1, 0.15) is 23.9 Å². The number of carbonyl (C=O) groups excluding carboxylic acids is 2. The van der Waals surface area contributed by atoms with Crippen LogP contribution in [0.3, 0.4) is 0 Å². The third-order valence-electron chi connectivity index (χ3n) is 3.96. The van der Waals surface area contributed by atoms with Gasteiger partial charge >= 0.3 is 0 Å². The van der Waals surface area contributed by atoms with Gasteiger partial charge in [0.1, 0.15) is 10.8 Å². The number of hydrogen-bond acceptors (Lipinski definition) is 5. The van der Waals surface area contributed by atoms with Gasteiger partial charge in [-0.3, -0.25) is 9.59 Å². The number of nitrogens with zero attached hydrogens (tertiary/aromatic N) is 3. The Morgan fingerprint density at radius 1 is 1.46 bits per heavy atom. The largest absolute Gasteiger partial charge is 0.311 e. The SMILES string of the molecule is CCc1nnc(NC(=O)C2CC(=O)N(c3ccc(C)c(F)c3)C2)s1. The Kier molecular flexibility index (Phi) is 4.57. The first-order valence-electron chi connectivity index (χ1n) is 7.67. The Balaban J connectivity index is 1.69. The Morgan fingerprint density at radius 2 is 2.25 bits per heavy atom. The Morgan fingerprint density at radius 3 is 2.92 bits per heavy atom. The van der Waals surface area contributed by atoms with Crippen molar-refractivity contribution in [2.75, 3.05) is 16.8 Å². The molecule has 1 aliphatic heterocycles. The average Bonchev–Trinajstić information content (AvgIpc) is 3.16. The van der Waals surface area contributed by atoms with Gasteiger partial charge in [0.25, 0.3) is 0 Å². The minimum atomic E-state index is -0.490. The van der Waals surface area contributed by atoms with Crippen molar-refractivity contribution in [2.24, 2.45) is 5.92 Å². The van der Waals surface area contributed by atoms with Crippen LogP contribution in [-0.2, 0) is 16.0 Å². The first kappa shape index (κ1) is 16.5. The molecule has 1 fully saturated rings. The van der Waals surface area contributed by atoms with E-state index in [1.54, 1.807) is 19.1 Å². The summed E-state index contributed by atoms with van der Waals surface area (Å²) in [7, 11) is 0. The number of carbonyl (C=O) groups is 2. The van der Waals surface area contributed by atoms with Gasteiger partial charge in [-0.2, -0.15) is 0 Å². The van der Waals surface area contributed by atoms with Gasteiger partial charge in [0.05, 0.1) is 5.92 Å². The highest BCUT2D eigenvalue weighted by molar-refractivity contribution is 7.15. The predicted octanol–water partition coefficient (Wildman–Crippen LogP) is 2.54. The smallest absolute Gasteiger partial charge is 0.231 e. The lowest BCUT2D eigenvalue weighted by atomic mass is 10.1. The molecule has 1 aliphatic rings. The molecule has 0 bridgehead atoms. The van der Waals surface area contributed by atoms with E-state index < -0.39 is 5.92 Å². The van der Waals surface area contributed by atoms with E-state index in [0.717, 1.165) is 11.4 Å². The summed E-state index contributed by atoms with van der Waals surface area (Å²) >= 11 is 1.32. The zero-order valence-corrected chi connectivity index (χ0v) is 14.2. The normalized spacial score (nSPS) is 17.4. The van der Waals surface area contributed by atoms with Crippen molar-refractivity contribution in [1.82, 2.24) is 10.2 Å². The first-order chi connectivity index (χ1) is 11.5. The minimum Gasteiger partial charge on any atom is -0.311 e. The molecule has 3 rings (SSSR count). The minimum absolute atomic E-state index is 0.0980. The van der Waals surface area contributed by atoms with E-state index >= 15 is 0 Å². The fourth-order valence-electron chi connectivity index (χ4n) is 2.54. The quantitative estimate of drug-likeness (QED) is 0.921. The maximum absolute atomic E-state index is 13.7. The number of halogens is 1. The van der Waals surface area contributed by atoms with Crippen LogP contribution in [0, 0.1) is 18.7 Å². The summed E-state index contributed by atoms with van der Waals surface area (Å²) in [4.78, 5) is 26.0. The molecule has 2 heterocycles. The summed E-state index contributed by atoms with van der Waals surface area (Å²) in [5.74, 6) is -1.31. The number of nitrogens with one attached hydrogen (secondary N) is 1. The van der Waals surface area contributed by atoms with Crippen LogP contribution in [0.2, 0.25) is 0 Å². The number of hydrogen-bond donors (Lipinski definition) is 1. The van der Waals surface area contributed by atoms with E-state index in [1.807, 2.05) is 6.92 Å². The maximum atomic E-state index is 13.7. The molecular weight excluding hydrogens is 331 g/mol. The summed E-state index contributed by atoms with van der Waals surface area (Å²) in [5, 5.41) is 11.8. The molecule has 0 saturated carbocycles. The highest BCUT2D eigenvalue weighted by atomic mass is 32.1. The lowest BCUT2D eigenvalue weighted by Crippen LogP contribution is -2.28. The number of aromatic nitrogens is 2. The van der Waals surface area contributed by atoms with Crippen molar-refractivity contribution in [2.45, 2.75) is 26.7 Å². The molecule has 0 spiro atoms. The van der Waals surface area contributed by atoms with Crippen molar-refractivity contribution in [1.29, 1.82) is 0 Å². The van der Waals surface area contributed by atoms with Gasteiger partial charge in [-0.1, -0.05) is 24.3 Å². The number of amides is 2. The van der Waals surface area contributed by atoms with Gasteiger partial charge in [-0.25, -0.2) is 4.39 Å². The van der Waals surface area contributed by atoms with E-state index in [9.17, 15) is 14.0 Å². The molecule has 24 heavy (non-hydrogen) atoms. The summed E-state index contributed by atoms with van der Waals surface area (Å²) in [6, 6.07) is 4.64. The zero-order valence-electron chi connectivity index (χ0n) is 13.4. The van der Waals surface area contributed by atoms with Crippen molar-refractivity contribution in [3.05, 3.63) is 34.6 Å². The molecule has 0 radical (unpaired) electrons. The Hall–Kier alpha value is -2.35. The van der Waals surface area contributed by atoms with Crippen LogP contribution in [-0.4, -0.2) is 28.6 Å². The molecule has 1 aromatic heterocycles. The molecule has 1 unspecified atom stereocenters. The molecule has 1 N–H and O–H groups in total. The molecule has 1 saturated heterocycles. The van der Waals surface area contributed by atoms with Crippen LogP contribution >= 0.6 is 11.3 Å². The molecule has 8 heteroatoms. The lowest BCUT2D eigenvalue weighted by molar-refractivity contribution is -0.122. The first-order valence-corrected chi connectivity index (χ1v) is 8.49. The molecular formula is C16H17FN4O2S. The number of aryl methyl sites for hydroxylation is 2. The predicted molar refractivity (Wildman–Crippen MR) is 89.5 cm³/mol. The Labute approximate surface area is 142 Å². The number of rotatable bonds is 4. The third kappa shape index (κ3) is 3.28. The fraction of sp³-hybridized carbons (Fsp3) is 0.375. The maximum Gasteiger partial charge on any atom is 0.231 e. The van der Waals surface area contributed by atoms with E-state index in [2.05, 4.69) is 15.5 Å². The van der Waals surface area contributed by atoms with Gasteiger partial charge in [-0.05, 0) is 31.0 Å².